The Morgan fingerprint density at radius 1 is 1.00 bits per heavy atom. The van der Waals surface area contributed by atoms with Gasteiger partial charge in [0, 0.05) is 16.8 Å². The number of aryl methyl sites for hydroxylation is 1. The largest absolute Gasteiger partial charge is 0.508 e. The molecule has 0 saturated carbocycles. The van der Waals surface area contributed by atoms with E-state index < -0.39 is 0 Å². The highest BCUT2D eigenvalue weighted by Crippen LogP contribution is 2.30. The van der Waals surface area contributed by atoms with Gasteiger partial charge in [-0.3, -0.25) is 9.78 Å². The Hall–Kier alpha value is -2.88. The molecule has 0 radical (unpaired) electrons. The SMILES string of the molecule is O=C(Nc1ccc(O)cc1)c1c2c(nc3ccccc13)CCCC2. The minimum Gasteiger partial charge on any atom is -0.508 e. The lowest BCUT2D eigenvalue weighted by Crippen LogP contribution is -2.19. The Balaban J connectivity index is 1.82. The number of carbonyl (C=O) groups excluding carboxylic acids is 1. The van der Waals surface area contributed by atoms with E-state index in [0.717, 1.165) is 53.4 Å². The van der Waals surface area contributed by atoms with Crippen LogP contribution in [-0.4, -0.2) is 16.0 Å². The van der Waals surface area contributed by atoms with Gasteiger partial charge in [0.1, 0.15) is 5.75 Å². The number of amides is 1. The number of hydrogen-bond donors (Lipinski definition) is 2. The van der Waals surface area contributed by atoms with E-state index in [4.69, 9.17) is 4.98 Å². The molecule has 24 heavy (non-hydrogen) atoms. The molecule has 4 nitrogen and oxygen atoms in total. The third kappa shape index (κ3) is 2.60. The number of phenols is 1. The normalized spacial score (nSPS) is 13.5. The highest BCUT2D eigenvalue weighted by atomic mass is 16.3. The second kappa shape index (κ2) is 5.96. The summed E-state index contributed by atoms with van der Waals surface area (Å²) in [6.07, 6.45) is 4.04. The van der Waals surface area contributed by atoms with Crippen LogP contribution >= 0.6 is 0 Å². The van der Waals surface area contributed by atoms with Crippen LogP contribution in [0.15, 0.2) is 48.5 Å². The van der Waals surface area contributed by atoms with Gasteiger partial charge in [0.05, 0.1) is 11.1 Å². The Labute approximate surface area is 140 Å². The van der Waals surface area contributed by atoms with Gasteiger partial charge in [-0.2, -0.15) is 0 Å². The molecule has 4 heteroatoms. The number of aromatic nitrogens is 1. The van der Waals surface area contributed by atoms with E-state index in [1.807, 2.05) is 24.3 Å². The number of nitrogens with one attached hydrogen (secondary N) is 1. The molecule has 4 rings (SSSR count). The molecule has 0 atom stereocenters. The summed E-state index contributed by atoms with van der Waals surface area (Å²) < 4.78 is 0. The van der Waals surface area contributed by atoms with Crippen molar-refractivity contribution in [2.45, 2.75) is 25.7 Å². The van der Waals surface area contributed by atoms with Gasteiger partial charge in [-0.25, -0.2) is 0 Å². The van der Waals surface area contributed by atoms with Crippen molar-refractivity contribution in [3.8, 4) is 5.75 Å². The van der Waals surface area contributed by atoms with Crippen molar-refractivity contribution in [1.82, 2.24) is 4.98 Å². The number of aromatic hydroxyl groups is 1. The fraction of sp³-hybridized carbons (Fsp3) is 0.200. The molecular weight excluding hydrogens is 300 g/mol. The highest BCUT2D eigenvalue weighted by molar-refractivity contribution is 6.13. The number of phenolic OH excluding ortho intramolecular Hbond substituents is 1. The number of carbonyl (C=O) groups is 1. The molecule has 0 spiro atoms. The lowest BCUT2D eigenvalue weighted by atomic mass is 9.89. The predicted octanol–water partition coefficient (Wildman–Crippen LogP) is 4.07. The molecular formula is C20H18N2O2. The smallest absolute Gasteiger partial charge is 0.256 e. The maximum Gasteiger partial charge on any atom is 0.256 e. The molecule has 1 aliphatic carbocycles. The molecule has 0 unspecified atom stereocenters. The van der Waals surface area contributed by atoms with Crippen LogP contribution in [-0.2, 0) is 12.8 Å². The Morgan fingerprint density at radius 3 is 2.58 bits per heavy atom. The van der Waals surface area contributed by atoms with Gasteiger partial charge in [-0.1, -0.05) is 18.2 Å². The predicted molar refractivity (Wildman–Crippen MR) is 94.4 cm³/mol. The molecule has 0 aliphatic heterocycles. The molecule has 3 aromatic rings. The summed E-state index contributed by atoms with van der Waals surface area (Å²) in [5.74, 6) is 0.0668. The van der Waals surface area contributed by atoms with Gasteiger partial charge >= 0.3 is 0 Å². The van der Waals surface area contributed by atoms with Crippen LogP contribution < -0.4 is 5.32 Å². The van der Waals surface area contributed by atoms with Crippen LogP contribution in [0.4, 0.5) is 5.69 Å². The standard InChI is InChI=1S/C20H18N2O2/c23-14-11-9-13(10-12-14)21-20(24)19-15-5-1-3-7-17(15)22-18-8-4-2-6-16(18)19/h1,3,5,7,9-12,23H,2,4,6,8H2,(H,21,24). The Morgan fingerprint density at radius 2 is 1.75 bits per heavy atom. The quantitative estimate of drug-likeness (QED) is 0.700. The molecule has 1 heterocycles. The van der Waals surface area contributed by atoms with E-state index in [0.29, 0.717) is 5.69 Å². The monoisotopic (exact) mass is 318 g/mol. The first-order chi connectivity index (χ1) is 11.7. The topological polar surface area (TPSA) is 62.2 Å². The zero-order valence-corrected chi connectivity index (χ0v) is 13.2. The number of hydrogen-bond acceptors (Lipinski definition) is 3. The third-order valence-electron chi connectivity index (χ3n) is 4.52. The number of fused-ring (bicyclic) bond motifs is 2. The van der Waals surface area contributed by atoms with Crippen LogP contribution in [0.25, 0.3) is 10.9 Å². The van der Waals surface area contributed by atoms with Crippen LogP contribution in [0.2, 0.25) is 0 Å². The second-order valence-corrected chi connectivity index (χ2v) is 6.14. The van der Waals surface area contributed by atoms with Crippen molar-refractivity contribution in [3.63, 3.8) is 0 Å². The summed E-state index contributed by atoms with van der Waals surface area (Å²) in [5.41, 5.74) is 4.41. The van der Waals surface area contributed by atoms with Crippen molar-refractivity contribution >= 4 is 22.5 Å². The number of anilines is 1. The molecule has 1 aliphatic rings. The summed E-state index contributed by atoms with van der Waals surface area (Å²) in [7, 11) is 0. The van der Waals surface area contributed by atoms with E-state index in [1.54, 1.807) is 24.3 Å². The van der Waals surface area contributed by atoms with E-state index in [1.165, 1.54) is 0 Å². The van der Waals surface area contributed by atoms with Crippen molar-refractivity contribution < 1.29 is 9.90 Å². The molecule has 0 fully saturated rings. The van der Waals surface area contributed by atoms with Gasteiger partial charge in [0.15, 0.2) is 0 Å². The van der Waals surface area contributed by atoms with Gasteiger partial charge in [0.2, 0.25) is 0 Å². The van der Waals surface area contributed by atoms with Crippen LogP contribution in [0.5, 0.6) is 5.75 Å². The molecule has 120 valence electrons. The first-order valence-electron chi connectivity index (χ1n) is 8.23. The first kappa shape index (κ1) is 14.7. The average Bonchev–Trinajstić information content (AvgIpc) is 2.61. The molecule has 2 N–H and O–H groups in total. The third-order valence-corrected chi connectivity index (χ3v) is 4.52. The zero-order chi connectivity index (χ0) is 16.5. The summed E-state index contributed by atoms with van der Waals surface area (Å²) >= 11 is 0. The molecule has 1 amide bonds. The fourth-order valence-corrected chi connectivity index (χ4v) is 3.37. The molecule has 1 aromatic heterocycles. The lowest BCUT2D eigenvalue weighted by Gasteiger charge is -2.20. The summed E-state index contributed by atoms with van der Waals surface area (Å²) in [4.78, 5) is 17.7. The highest BCUT2D eigenvalue weighted by Gasteiger charge is 2.22. The van der Waals surface area contributed by atoms with Crippen molar-refractivity contribution in [1.29, 1.82) is 0 Å². The van der Waals surface area contributed by atoms with E-state index in [2.05, 4.69) is 5.32 Å². The molecule has 2 aromatic carbocycles. The average molecular weight is 318 g/mol. The number of pyridine rings is 1. The van der Waals surface area contributed by atoms with Crippen molar-refractivity contribution in [3.05, 3.63) is 65.4 Å². The van der Waals surface area contributed by atoms with Gasteiger partial charge < -0.3 is 10.4 Å². The van der Waals surface area contributed by atoms with Crippen molar-refractivity contribution in [2.75, 3.05) is 5.32 Å². The minimum absolute atomic E-state index is 0.113. The van der Waals surface area contributed by atoms with Crippen LogP contribution in [0.1, 0.15) is 34.5 Å². The summed E-state index contributed by atoms with van der Waals surface area (Å²) in [6, 6.07) is 14.3. The van der Waals surface area contributed by atoms with Gasteiger partial charge in [-0.05, 0) is 61.6 Å². The first-order valence-corrected chi connectivity index (χ1v) is 8.23. The van der Waals surface area contributed by atoms with E-state index >= 15 is 0 Å². The minimum atomic E-state index is -0.113. The number of nitrogens with zero attached hydrogens (tertiary/aromatic N) is 1. The van der Waals surface area contributed by atoms with E-state index in [9.17, 15) is 9.90 Å². The number of rotatable bonds is 2. The maximum absolute atomic E-state index is 13.0. The fourth-order valence-electron chi connectivity index (χ4n) is 3.37. The van der Waals surface area contributed by atoms with Crippen LogP contribution in [0, 0.1) is 0 Å². The summed E-state index contributed by atoms with van der Waals surface area (Å²) in [5, 5.41) is 13.2. The molecule has 0 saturated heterocycles. The van der Waals surface area contributed by atoms with E-state index in [-0.39, 0.29) is 11.7 Å². The maximum atomic E-state index is 13.0. The van der Waals surface area contributed by atoms with Crippen LogP contribution in [0.3, 0.4) is 0 Å². The Bertz CT molecular complexity index is 917. The number of benzene rings is 2. The lowest BCUT2D eigenvalue weighted by molar-refractivity contribution is 0.102. The van der Waals surface area contributed by atoms with Gasteiger partial charge in [-0.15, -0.1) is 0 Å². The Kier molecular flexibility index (Phi) is 3.65. The van der Waals surface area contributed by atoms with Crippen molar-refractivity contribution in [2.24, 2.45) is 0 Å². The zero-order valence-electron chi connectivity index (χ0n) is 13.2. The molecule has 0 bridgehead atoms. The van der Waals surface area contributed by atoms with Gasteiger partial charge in [0.25, 0.3) is 5.91 Å². The second-order valence-electron chi connectivity index (χ2n) is 6.14. The summed E-state index contributed by atoms with van der Waals surface area (Å²) in [6.45, 7) is 0. The number of para-hydroxylation sites is 1.